The highest BCUT2D eigenvalue weighted by Gasteiger charge is 2.40. The number of rotatable bonds is 9. The molecule has 2 unspecified atom stereocenters. The summed E-state index contributed by atoms with van der Waals surface area (Å²) >= 11 is 0. The van der Waals surface area contributed by atoms with Gasteiger partial charge in [-0.25, -0.2) is 4.98 Å². The molecule has 1 aliphatic carbocycles. The van der Waals surface area contributed by atoms with E-state index in [1.807, 2.05) is 12.1 Å². The second-order valence-electron chi connectivity index (χ2n) is 9.82. The van der Waals surface area contributed by atoms with Gasteiger partial charge >= 0.3 is 0 Å². The fourth-order valence-electron chi connectivity index (χ4n) is 5.22. The van der Waals surface area contributed by atoms with E-state index in [2.05, 4.69) is 76.5 Å². The molecule has 37 heavy (non-hydrogen) atoms. The van der Waals surface area contributed by atoms with Crippen LogP contribution in [0.2, 0.25) is 0 Å². The van der Waals surface area contributed by atoms with E-state index in [0.29, 0.717) is 12.4 Å². The van der Waals surface area contributed by atoms with E-state index >= 15 is 0 Å². The number of nitrogens with zero attached hydrogens (tertiary/aromatic N) is 3. The van der Waals surface area contributed by atoms with E-state index in [1.165, 1.54) is 16.7 Å². The minimum Gasteiger partial charge on any atom is -0.392 e. The summed E-state index contributed by atoms with van der Waals surface area (Å²) in [5.74, 6) is 0.675. The van der Waals surface area contributed by atoms with Crippen molar-refractivity contribution >= 4 is 22.3 Å². The third-order valence-corrected chi connectivity index (χ3v) is 7.40. The van der Waals surface area contributed by atoms with Gasteiger partial charge in [0.05, 0.1) is 26.4 Å². The van der Waals surface area contributed by atoms with Gasteiger partial charge < -0.3 is 19.9 Å². The lowest BCUT2D eigenvalue weighted by Crippen LogP contribution is -2.48. The fraction of sp³-hybridized carbons (Fsp3) is 0.400. The SMILES string of the molecule is Cc1ccccc1C1=CC=CC(Nc2nccc3cc(CO)cnc23)(OCCCN2CCOCC2)C1C. The van der Waals surface area contributed by atoms with E-state index in [0.717, 1.165) is 55.7 Å². The number of aromatic nitrogens is 2. The van der Waals surface area contributed by atoms with Crippen LogP contribution in [-0.4, -0.2) is 65.2 Å². The van der Waals surface area contributed by atoms with Crippen molar-refractivity contribution in [3.8, 4) is 0 Å². The van der Waals surface area contributed by atoms with Crippen LogP contribution < -0.4 is 5.32 Å². The number of aryl methyl sites for hydroxylation is 1. The summed E-state index contributed by atoms with van der Waals surface area (Å²) in [5, 5.41) is 14.1. The van der Waals surface area contributed by atoms with Gasteiger partial charge in [0.25, 0.3) is 0 Å². The van der Waals surface area contributed by atoms with Crippen LogP contribution >= 0.6 is 0 Å². The van der Waals surface area contributed by atoms with Crippen LogP contribution in [0, 0.1) is 12.8 Å². The number of hydrogen-bond donors (Lipinski definition) is 2. The van der Waals surface area contributed by atoms with Crippen LogP contribution in [0.25, 0.3) is 16.5 Å². The maximum absolute atomic E-state index is 9.56. The molecule has 7 nitrogen and oxygen atoms in total. The molecule has 7 heteroatoms. The maximum atomic E-state index is 9.56. The van der Waals surface area contributed by atoms with Gasteiger partial charge in [0.1, 0.15) is 5.52 Å². The van der Waals surface area contributed by atoms with Crippen LogP contribution in [0.5, 0.6) is 0 Å². The van der Waals surface area contributed by atoms with Crippen molar-refractivity contribution in [3.05, 3.63) is 83.7 Å². The van der Waals surface area contributed by atoms with Crippen LogP contribution in [0.1, 0.15) is 30.0 Å². The Morgan fingerprint density at radius 3 is 2.84 bits per heavy atom. The Kier molecular flexibility index (Phi) is 7.96. The van der Waals surface area contributed by atoms with Crippen molar-refractivity contribution in [2.45, 2.75) is 32.6 Å². The summed E-state index contributed by atoms with van der Waals surface area (Å²) in [6, 6.07) is 12.3. The number of aliphatic hydroxyl groups is 1. The second-order valence-corrected chi connectivity index (χ2v) is 9.82. The van der Waals surface area contributed by atoms with Crippen molar-refractivity contribution in [2.75, 3.05) is 44.8 Å². The molecule has 1 aliphatic heterocycles. The zero-order valence-corrected chi connectivity index (χ0v) is 21.7. The quantitative estimate of drug-likeness (QED) is 0.329. The minimum atomic E-state index is -0.796. The van der Waals surface area contributed by atoms with Crippen LogP contribution in [-0.2, 0) is 16.1 Å². The van der Waals surface area contributed by atoms with Gasteiger partial charge in [-0.3, -0.25) is 9.88 Å². The van der Waals surface area contributed by atoms with Gasteiger partial charge in [0.2, 0.25) is 0 Å². The molecule has 3 aromatic rings. The lowest BCUT2D eigenvalue weighted by molar-refractivity contribution is -0.0192. The molecule has 0 spiro atoms. The monoisotopic (exact) mass is 500 g/mol. The maximum Gasteiger partial charge on any atom is 0.166 e. The average molecular weight is 501 g/mol. The third-order valence-electron chi connectivity index (χ3n) is 7.40. The molecule has 2 N–H and O–H groups in total. The van der Waals surface area contributed by atoms with Crippen LogP contribution in [0.4, 0.5) is 5.82 Å². The first-order chi connectivity index (χ1) is 18.1. The lowest BCUT2D eigenvalue weighted by atomic mass is 9.80. The van der Waals surface area contributed by atoms with Crippen LogP contribution in [0.3, 0.4) is 0 Å². The molecule has 2 atom stereocenters. The zero-order chi connectivity index (χ0) is 25.7. The van der Waals surface area contributed by atoms with E-state index in [1.54, 1.807) is 12.4 Å². The predicted octanol–water partition coefficient (Wildman–Crippen LogP) is 4.57. The van der Waals surface area contributed by atoms with Gasteiger partial charge in [-0.1, -0.05) is 43.3 Å². The Balaban J connectivity index is 1.44. The van der Waals surface area contributed by atoms with Crippen molar-refractivity contribution < 1.29 is 14.6 Å². The van der Waals surface area contributed by atoms with Crippen molar-refractivity contribution in [2.24, 2.45) is 5.92 Å². The van der Waals surface area contributed by atoms with E-state index in [9.17, 15) is 5.11 Å². The summed E-state index contributed by atoms with van der Waals surface area (Å²) in [5.41, 5.74) is 4.41. The largest absolute Gasteiger partial charge is 0.392 e. The number of allylic oxidation sites excluding steroid dienone is 2. The summed E-state index contributed by atoms with van der Waals surface area (Å²) in [7, 11) is 0. The molecule has 2 aliphatic rings. The van der Waals surface area contributed by atoms with Crippen LogP contribution in [0.15, 0.2) is 67.0 Å². The topological polar surface area (TPSA) is 79.7 Å². The third kappa shape index (κ3) is 5.60. The molecule has 194 valence electrons. The number of fused-ring (bicyclic) bond motifs is 1. The first-order valence-electron chi connectivity index (χ1n) is 13.1. The van der Waals surface area contributed by atoms with Gasteiger partial charge in [-0.15, -0.1) is 0 Å². The van der Waals surface area contributed by atoms with E-state index in [4.69, 9.17) is 9.47 Å². The fourth-order valence-corrected chi connectivity index (χ4v) is 5.22. The average Bonchev–Trinajstić information content (AvgIpc) is 2.93. The number of pyridine rings is 2. The summed E-state index contributed by atoms with van der Waals surface area (Å²) in [6.07, 6.45) is 10.8. The first kappa shape index (κ1) is 25.5. The molecular weight excluding hydrogens is 464 g/mol. The Bertz CT molecular complexity index is 1280. The van der Waals surface area contributed by atoms with Crippen molar-refractivity contribution in [1.29, 1.82) is 0 Å². The van der Waals surface area contributed by atoms with Gasteiger partial charge in [-0.05, 0) is 53.8 Å². The number of benzene rings is 1. The van der Waals surface area contributed by atoms with Crippen molar-refractivity contribution in [3.63, 3.8) is 0 Å². The molecule has 2 aromatic heterocycles. The number of aliphatic hydroxyl groups excluding tert-OH is 1. The normalized spacial score (nSPS) is 22.2. The predicted molar refractivity (Wildman–Crippen MR) is 147 cm³/mol. The summed E-state index contributed by atoms with van der Waals surface area (Å²) in [6.45, 7) is 9.44. The Labute approximate surface area is 218 Å². The van der Waals surface area contributed by atoms with E-state index in [-0.39, 0.29) is 12.5 Å². The molecule has 0 bridgehead atoms. The van der Waals surface area contributed by atoms with Gasteiger partial charge in [-0.2, -0.15) is 0 Å². The molecule has 1 saturated heterocycles. The summed E-state index contributed by atoms with van der Waals surface area (Å²) in [4.78, 5) is 11.7. The summed E-state index contributed by atoms with van der Waals surface area (Å²) < 4.78 is 12.2. The molecule has 0 saturated carbocycles. The van der Waals surface area contributed by atoms with Gasteiger partial charge in [0, 0.05) is 43.3 Å². The molecule has 1 fully saturated rings. The highest BCUT2D eigenvalue weighted by Crippen LogP contribution is 2.40. The molecule has 1 aromatic carbocycles. The van der Waals surface area contributed by atoms with E-state index < -0.39 is 5.72 Å². The highest BCUT2D eigenvalue weighted by atomic mass is 16.5. The number of ether oxygens (including phenoxy) is 2. The molecule has 0 amide bonds. The molecule has 5 rings (SSSR count). The number of hydrogen-bond acceptors (Lipinski definition) is 7. The second kappa shape index (κ2) is 11.5. The minimum absolute atomic E-state index is 0.00996. The van der Waals surface area contributed by atoms with Crippen molar-refractivity contribution in [1.82, 2.24) is 14.9 Å². The lowest BCUT2D eigenvalue weighted by Gasteiger charge is -2.41. The molecule has 0 radical (unpaired) electrons. The Morgan fingerprint density at radius 2 is 2.03 bits per heavy atom. The number of nitrogens with one attached hydrogen (secondary N) is 1. The Hall–Kier alpha value is -3.10. The Morgan fingerprint density at radius 1 is 1.19 bits per heavy atom. The van der Waals surface area contributed by atoms with Gasteiger partial charge in [0.15, 0.2) is 11.5 Å². The smallest absolute Gasteiger partial charge is 0.166 e. The molecular formula is C30H36N4O3. The zero-order valence-electron chi connectivity index (χ0n) is 21.7. The first-order valence-corrected chi connectivity index (χ1v) is 13.1. The number of morpholine rings is 1. The number of anilines is 1. The highest BCUT2D eigenvalue weighted by molar-refractivity contribution is 5.89. The standard InChI is InChI=1S/C30H36N4O3/c1-22-7-3-4-8-26(22)27-9-5-11-30(23(27)2,37-16-6-13-34-14-17-36-18-15-34)33-29-28-25(10-12-31-29)19-24(21-35)20-32-28/h3-5,7-12,19-20,23,35H,6,13-18,21H2,1-2H3,(H,31,33). The molecule has 3 heterocycles.